The lowest BCUT2D eigenvalue weighted by Crippen LogP contribution is -2.56. The summed E-state index contributed by atoms with van der Waals surface area (Å²) in [5.74, 6) is -1.79. The van der Waals surface area contributed by atoms with Gasteiger partial charge in [-0.2, -0.15) is 0 Å². The van der Waals surface area contributed by atoms with Crippen molar-refractivity contribution in [2.75, 3.05) is 19.6 Å². The summed E-state index contributed by atoms with van der Waals surface area (Å²) in [7, 11) is 0. The Balaban J connectivity index is 2.77. The first-order valence-electron chi connectivity index (χ1n) is 5.13. The number of amides is 3. The van der Waals surface area contributed by atoms with Gasteiger partial charge in [0, 0.05) is 25.6 Å². The number of hydrogen-bond donors (Lipinski definition) is 0. The number of imide groups is 1. The number of nitrogens with zero attached hydrogens (tertiary/aromatic N) is 2. The maximum absolute atomic E-state index is 11.6. The van der Waals surface area contributed by atoms with E-state index in [-0.39, 0.29) is 11.8 Å². The van der Waals surface area contributed by atoms with Gasteiger partial charge in [0.2, 0.25) is 5.91 Å². The highest BCUT2D eigenvalue weighted by molar-refractivity contribution is 6.38. The van der Waals surface area contributed by atoms with E-state index in [1.807, 2.05) is 6.92 Å². The number of hydrogen-bond acceptors (Lipinski definition) is 3. The van der Waals surface area contributed by atoms with Gasteiger partial charge in [0.15, 0.2) is 0 Å². The Hall–Kier alpha value is -1.39. The molecule has 0 aromatic carbocycles. The van der Waals surface area contributed by atoms with Crippen LogP contribution in [-0.4, -0.2) is 47.2 Å². The zero-order chi connectivity index (χ0) is 11.6. The summed E-state index contributed by atoms with van der Waals surface area (Å²) in [6.45, 7) is 6.51. The zero-order valence-corrected chi connectivity index (χ0v) is 9.32. The molecule has 0 saturated carbocycles. The molecule has 0 aromatic heterocycles. The molecule has 5 nitrogen and oxygen atoms in total. The third-order valence-electron chi connectivity index (χ3n) is 2.45. The topological polar surface area (TPSA) is 57.7 Å². The Bertz CT molecular complexity index is 299. The van der Waals surface area contributed by atoms with Crippen LogP contribution in [0.2, 0.25) is 0 Å². The summed E-state index contributed by atoms with van der Waals surface area (Å²) < 4.78 is 0. The van der Waals surface area contributed by atoms with Gasteiger partial charge in [0.25, 0.3) is 0 Å². The molecule has 0 bridgehead atoms. The lowest BCUT2D eigenvalue weighted by Gasteiger charge is -2.32. The Kier molecular flexibility index (Phi) is 3.44. The van der Waals surface area contributed by atoms with E-state index in [1.54, 1.807) is 13.8 Å². The lowest BCUT2D eigenvalue weighted by atomic mass is 10.1. The summed E-state index contributed by atoms with van der Waals surface area (Å²) in [6.07, 6.45) is 0. The summed E-state index contributed by atoms with van der Waals surface area (Å²) in [6, 6.07) is 0. The third-order valence-corrected chi connectivity index (χ3v) is 2.45. The molecule has 1 heterocycles. The molecule has 3 amide bonds. The first-order chi connectivity index (χ1) is 6.99. The van der Waals surface area contributed by atoms with Crippen molar-refractivity contribution in [1.82, 2.24) is 9.80 Å². The van der Waals surface area contributed by atoms with Crippen molar-refractivity contribution in [1.29, 1.82) is 0 Å². The van der Waals surface area contributed by atoms with Crippen LogP contribution in [0.1, 0.15) is 20.8 Å². The van der Waals surface area contributed by atoms with Crippen molar-refractivity contribution >= 4 is 17.7 Å². The highest BCUT2D eigenvalue weighted by atomic mass is 16.2. The molecule has 5 heteroatoms. The van der Waals surface area contributed by atoms with Gasteiger partial charge in [-0.05, 0) is 6.92 Å². The SMILES string of the molecule is CCN1CCN(C(=O)C(C)C)C(=O)C1=O. The van der Waals surface area contributed by atoms with Gasteiger partial charge in [0.05, 0.1) is 0 Å². The molecule has 84 valence electrons. The van der Waals surface area contributed by atoms with Crippen molar-refractivity contribution < 1.29 is 14.4 Å². The monoisotopic (exact) mass is 212 g/mol. The smallest absolute Gasteiger partial charge is 0.318 e. The van der Waals surface area contributed by atoms with Crippen LogP contribution in [-0.2, 0) is 14.4 Å². The Labute approximate surface area is 89.0 Å². The number of rotatable bonds is 2. The van der Waals surface area contributed by atoms with Crippen molar-refractivity contribution in [3.05, 3.63) is 0 Å². The quantitative estimate of drug-likeness (QED) is 0.599. The van der Waals surface area contributed by atoms with Crippen LogP contribution in [0.3, 0.4) is 0 Å². The van der Waals surface area contributed by atoms with E-state index in [4.69, 9.17) is 0 Å². The predicted molar refractivity (Wildman–Crippen MR) is 53.8 cm³/mol. The van der Waals surface area contributed by atoms with Gasteiger partial charge in [0.1, 0.15) is 0 Å². The molecular weight excluding hydrogens is 196 g/mol. The highest BCUT2D eigenvalue weighted by Crippen LogP contribution is 2.09. The molecule has 1 rings (SSSR count). The minimum Gasteiger partial charge on any atom is -0.333 e. The summed E-state index contributed by atoms with van der Waals surface area (Å²) in [4.78, 5) is 37.1. The Morgan fingerprint density at radius 1 is 1.27 bits per heavy atom. The van der Waals surface area contributed by atoms with Crippen LogP contribution in [0.15, 0.2) is 0 Å². The van der Waals surface area contributed by atoms with Crippen LogP contribution >= 0.6 is 0 Å². The second-order valence-corrected chi connectivity index (χ2v) is 3.83. The maximum Gasteiger partial charge on any atom is 0.318 e. The molecule has 0 unspecified atom stereocenters. The van der Waals surface area contributed by atoms with Gasteiger partial charge in [-0.15, -0.1) is 0 Å². The van der Waals surface area contributed by atoms with Crippen molar-refractivity contribution in [3.63, 3.8) is 0 Å². The van der Waals surface area contributed by atoms with Crippen molar-refractivity contribution in [2.24, 2.45) is 5.92 Å². The molecule has 0 radical (unpaired) electrons. The number of carbonyl (C=O) groups is 3. The summed E-state index contributed by atoms with van der Waals surface area (Å²) in [5, 5.41) is 0. The lowest BCUT2D eigenvalue weighted by molar-refractivity contribution is -0.162. The van der Waals surface area contributed by atoms with E-state index in [0.29, 0.717) is 19.6 Å². The minimum atomic E-state index is -0.693. The summed E-state index contributed by atoms with van der Waals surface area (Å²) in [5.41, 5.74) is 0. The molecule has 0 spiro atoms. The Morgan fingerprint density at radius 2 is 1.87 bits per heavy atom. The van der Waals surface area contributed by atoms with Gasteiger partial charge < -0.3 is 4.90 Å². The fourth-order valence-corrected chi connectivity index (χ4v) is 1.50. The van der Waals surface area contributed by atoms with Crippen molar-refractivity contribution in [3.8, 4) is 0 Å². The van der Waals surface area contributed by atoms with Gasteiger partial charge in [-0.25, -0.2) is 0 Å². The van der Waals surface area contributed by atoms with Gasteiger partial charge in [-0.3, -0.25) is 19.3 Å². The molecular formula is C10H16N2O3. The fraction of sp³-hybridized carbons (Fsp3) is 0.700. The molecule has 0 atom stereocenters. The number of likely N-dealkylation sites (N-methyl/N-ethyl adjacent to an activating group) is 1. The van der Waals surface area contributed by atoms with E-state index in [2.05, 4.69) is 0 Å². The first-order valence-corrected chi connectivity index (χ1v) is 5.13. The van der Waals surface area contributed by atoms with Gasteiger partial charge >= 0.3 is 11.8 Å². The predicted octanol–water partition coefficient (Wildman–Crippen LogP) is -0.140. The van der Waals surface area contributed by atoms with E-state index in [0.717, 1.165) is 4.90 Å². The molecule has 0 N–H and O–H groups in total. The average molecular weight is 212 g/mol. The molecule has 15 heavy (non-hydrogen) atoms. The molecule has 1 aliphatic heterocycles. The number of carbonyl (C=O) groups excluding carboxylic acids is 3. The first kappa shape index (κ1) is 11.7. The van der Waals surface area contributed by atoms with Crippen LogP contribution in [0.4, 0.5) is 0 Å². The molecule has 0 aliphatic carbocycles. The highest BCUT2D eigenvalue weighted by Gasteiger charge is 2.35. The average Bonchev–Trinajstić information content (AvgIpc) is 2.21. The molecule has 1 saturated heterocycles. The van der Waals surface area contributed by atoms with Crippen molar-refractivity contribution in [2.45, 2.75) is 20.8 Å². The molecule has 1 fully saturated rings. The molecule has 1 aliphatic rings. The number of piperazine rings is 1. The second kappa shape index (κ2) is 4.42. The van der Waals surface area contributed by atoms with E-state index in [9.17, 15) is 14.4 Å². The molecule has 0 aromatic rings. The second-order valence-electron chi connectivity index (χ2n) is 3.83. The van der Waals surface area contributed by atoms with E-state index >= 15 is 0 Å². The standard InChI is InChI=1S/C10H16N2O3/c1-4-11-5-6-12(8(13)7(2)3)10(15)9(11)14/h7H,4-6H2,1-3H3. The Morgan fingerprint density at radius 3 is 2.33 bits per heavy atom. The third kappa shape index (κ3) is 2.16. The van der Waals surface area contributed by atoms with Crippen LogP contribution in [0.5, 0.6) is 0 Å². The maximum atomic E-state index is 11.6. The van der Waals surface area contributed by atoms with Crippen LogP contribution in [0.25, 0.3) is 0 Å². The van der Waals surface area contributed by atoms with E-state index in [1.165, 1.54) is 4.90 Å². The van der Waals surface area contributed by atoms with Crippen LogP contribution in [0, 0.1) is 5.92 Å². The van der Waals surface area contributed by atoms with Gasteiger partial charge in [-0.1, -0.05) is 13.8 Å². The fourth-order valence-electron chi connectivity index (χ4n) is 1.50. The largest absolute Gasteiger partial charge is 0.333 e. The normalized spacial score (nSPS) is 17.6. The zero-order valence-electron chi connectivity index (χ0n) is 9.32. The van der Waals surface area contributed by atoms with E-state index < -0.39 is 11.8 Å². The van der Waals surface area contributed by atoms with Crippen LogP contribution < -0.4 is 0 Å². The summed E-state index contributed by atoms with van der Waals surface area (Å²) >= 11 is 0. The minimum absolute atomic E-state index is 0.255.